The molecule has 218 valence electrons. The normalized spacial score (nSPS) is 14.8. The van der Waals surface area contributed by atoms with Crippen molar-refractivity contribution in [3.05, 3.63) is 57.6 Å². The Morgan fingerprint density at radius 3 is 2.50 bits per heavy atom. The second kappa shape index (κ2) is 14.0. The minimum absolute atomic E-state index is 0.0433. The summed E-state index contributed by atoms with van der Waals surface area (Å²) < 4.78 is 57.3. The molecular weight excluding hydrogens is 580 g/mol. The van der Waals surface area contributed by atoms with Gasteiger partial charge in [0.05, 0.1) is 18.3 Å². The van der Waals surface area contributed by atoms with Gasteiger partial charge in [0, 0.05) is 28.6 Å². The average molecular weight is 607 g/mol. The minimum atomic E-state index is -4.42. The van der Waals surface area contributed by atoms with Gasteiger partial charge >= 0.3 is 6.18 Å². The number of alkyl halides is 3. The van der Waals surface area contributed by atoms with Gasteiger partial charge in [-0.25, -0.2) is 14.4 Å². The Morgan fingerprint density at radius 2 is 1.88 bits per heavy atom. The second-order valence-corrected chi connectivity index (χ2v) is 10.4. The van der Waals surface area contributed by atoms with Crippen molar-refractivity contribution in [3.8, 4) is 11.5 Å². The van der Waals surface area contributed by atoms with Crippen LogP contribution >= 0.6 is 22.9 Å². The molecular formula is C25H27ClF4N4O5S. The number of aliphatic hydroxyl groups excluding tert-OH is 2. The Bertz CT molecular complexity index is 1250. The first-order valence-corrected chi connectivity index (χ1v) is 13.4. The van der Waals surface area contributed by atoms with Gasteiger partial charge in [-0.3, -0.25) is 9.59 Å². The maximum Gasteiger partial charge on any atom is 0.389 e. The number of nitrogens with one attached hydrogen (secondary N) is 2. The maximum absolute atomic E-state index is 13.7. The fraction of sp³-hybridized carbons (Fsp3) is 0.440. The lowest BCUT2D eigenvalue weighted by atomic mass is 10.0. The number of thiazole rings is 1. The number of nitrogens with zero attached hydrogens (tertiary/aromatic N) is 2. The van der Waals surface area contributed by atoms with Crippen LogP contribution in [0.1, 0.15) is 60.7 Å². The third-order valence-corrected chi connectivity index (χ3v) is 6.79. The van der Waals surface area contributed by atoms with Gasteiger partial charge in [-0.05, 0) is 50.8 Å². The lowest BCUT2D eigenvalue weighted by Gasteiger charge is -2.26. The molecule has 0 aliphatic carbocycles. The highest BCUT2D eigenvalue weighted by molar-refractivity contribution is 7.09. The molecule has 9 nitrogen and oxygen atoms in total. The molecule has 0 radical (unpaired) electrons. The quantitative estimate of drug-likeness (QED) is 0.205. The van der Waals surface area contributed by atoms with Crippen LogP contribution in [0.5, 0.6) is 0 Å². The number of hydrogen-bond donors (Lipinski definition) is 4. The van der Waals surface area contributed by atoms with E-state index in [1.165, 1.54) is 19.2 Å². The first kappa shape index (κ1) is 31.5. The minimum Gasteiger partial charge on any atom is -0.431 e. The van der Waals surface area contributed by atoms with E-state index in [0.29, 0.717) is 0 Å². The molecule has 3 aromatic rings. The molecule has 1 aromatic carbocycles. The molecule has 40 heavy (non-hydrogen) atoms. The molecule has 0 aliphatic rings. The number of carbonyl (C=O) groups is 2. The number of aliphatic hydroxyl groups is 2. The standard InChI is InChI=1S/C25H27ClF4N4O5S/c1-13(35)4-5-18(34-22(38)19-12-32-23(39-19)14-9-15(26)11-16(27)10-14)21(37)33-17(3-2-6-25(28,29)30)20(36)24-31-7-8-40-24/h7-13,17-18,20,35-36H,2-6H2,1H3,(H,33,37)(H,34,38)/t13?,17-,18-,20?/m0/s1. The van der Waals surface area contributed by atoms with Gasteiger partial charge in [0.15, 0.2) is 0 Å². The molecule has 3 rings (SSSR count). The van der Waals surface area contributed by atoms with Crippen molar-refractivity contribution in [1.29, 1.82) is 0 Å². The van der Waals surface area contributed by atoms with Gasteiger partial charge in [-0.15, -0.1) is 11.3 Å². The molecule has 0 aliphatic heterocycles. The maximum atomic E-state index is 13.7. The van der Waals surface area contributed by atoms with E-state index in [9.17, 15) is 37.4 Å². The van der Waals surface area contributed by atoms with Crippen molar-refractivity contribution in [2.75, 3.05) is 0 Å². The molecule has 0 fully saturated rings. The monoisotopic (exact) mass is 606 g/mol. The van der Waals surface area contributed by atoms with Crippen LogP contribution < -0.4 is 10.6 Å². The lowest BCUT2D eigenvalue weighted by Crippen LogP contribution is -2.51. The van der Waals surface area contributed by atoms with Gasteiger partial charge < -0.3 is 25.3 Å². The molecule has 0 spiro atoms. The highest BCUT2D eigenvalue weighted by Crippen LogP contribution is 2.27. The first-order valence-electron chi connectivity index (χ1n) is 12.2. The molecule has 2 amide bonds. The first-order chi connectivity index (χ1) is 18.8. The predicted molar refractivity (Wildman–Crippen MR) is 138 cm³/mol. The summed E-state index contributed by atoms with van der Waals surface area (Å²) in [6.07, 6.45) is -5.81. The number of carbonyl (C=O) groups excluding carboxylic acids is 2. The van der Waals surface area contributed by atoms with Crippen LogP contribution in [-0.4, -0.2) is 56.4 Å². The topological polar surface area (TPSA) is 138 Å². The van der Waals surface area contributed by atoms with E-state index in [0.717, 1.165) is 29.7 Å². The Morgan fingerprint density at radius 1 is 1.12 bits per heavy atom. The average Bonchev–Trinajstić information content (AvgIpc) is 3.57. The van der Waals surface area contributed by atoms with Gasteiger partial charge in [-0.1, -0.05) is 11.6 Å². The van der Waals surface area contributed by atoms with E-state index in [4.69, 9.17) is 16.0 Å². The molecule has 2 heterocycles. The van der Waals surface area contributed by atoms with Gasteiger partial charge in [-0.2, -0.15) is 13.2 Å². The van der Waals surface area contributed by atoms with Crippen LogP contribution in [0, 0.1) is 5.82 Å². The van der Waals surface area contributed by atoms with E-state index in [1.807, 2.05) is 0 Å². The molecule has 0 saturated carbocycles. The lowest BCUT2D eigenvalue weighted by molar-refractivity contribution is -0.136. The summed E-state index contributed by atoms with van der Waals surface area (Å²) in [5.41, 5.74) is 0.172. The summed E-state index contributed by atoms with van der Waals surface area (Å²) >= 11 is 6.92. The predicted octanol–water partition coefficient (Wildman–Crippen LogP) is 4.80. The second-order valence-electron chi connectivity index (χ2n) is 9.08. The molecule has 4 atom stereocenters. The van der Waals surface area contributed by atoms with Crippen molar-refractivity contribution >= 4 is 34.8 Å². The molecule has 2 aromatic heterocycles. The van der Waals surface area contributed by atoms with E-state index >= 15 is 0 Å². The van der Waals surface area contributed by atoms with Gasteiger partial charge in [0.1, 0.15) is 23.0 Å². The number of amides is 2. The molecule has 15 heteroatoms. The van der Waals surface area contributed by atoms with Crippen LogP contribution in [-0.2, 0) is 4.79 Å². The smallest absolute Gasteiger partial charge is 0.389 e. The van der Waals surface area contributed by atoms with E-state index in [1.54, 1.807) is 5.38 Å². The zero-order valence-corrected chi connectivity index (χ0v) is 22.7. The van der Waals surface area contributed by atoms with E-state index < -0.39 is 54.5 Å². The van der Waals surface area contributed by atoms with Crippen molar-refractivity contribution < 1.29 is 41.8 Å². The Balaban J connectivity index is 1.75. The van der Waals surface area contributed by atoms with E-state index in [-0.39, 0.29) is 52.9 Å². The van der Waals surface area contributed by atoms with Crippen molar-refractivity contribution in [2.24, 2.45) is 0 Å². The number of aromatic nitrogens is 2. The molecule has 2 unspecified atom stereocenters. The summed E-state index contributed by atoms with van der Waals surface area (Å²) in [6.45, 7) is 1.48. The molecule has 4 N–H and O–H groups in total. The largest absolute Gasteiger partial charge is 0.431 e. The van der Waals surface area contributed by atoms with Crippen LogP contribution in [0.25, 0.3) is 11.5 Å². The van der Waals surface area contributed by atoms with Crippen LogP contribution in [0.3, 0.4) is 0 Å². The third kappa shape index (κ3) is 9.54. The summed E-state index contributed by atoms with van der Waals surface area (Å²) in [7, 11) is 0. The molecule has 0 saturated heterocycles. The van der Waals surface area contributed by atoms with Crippen LogP contribution in [0.4, 0.5) is 17.6 Å². The molecule has 0 bridgehead atoms. The number of oxazole rings is 1. The van der Waals surface area contributed by atoms with Crippen LogP contribution in [0.15, 0.2) is 40.4 Å². The van der Waals surface area contributed by atoms with Crippen LogP contribution in [0.2, 0.25) is 5.02 Å². The fourth-order valence-corrected chi connectivity index (χ4v) is 4.67. The highest BCUT2D eigenvalue weighted by atomic mass is 35.5. The van der Waals surface area contributed by atoms with Crippen molar-refractivity contribution in [2.45, 2.75) is 69.5 Å². The number of halogens is 5. The Labute approximate surface area is 235 Å². The zero-order valence-electron chi connectivity index (χ0n) is 21.1. The van der Waals surface area contributed by atoms with Crippen molar-refractivity contribution in [3.63, 3.8) is 0 Å². The number of rotatable bonds is 13. The van der Waals surface area contributed by atoms with Gasteiger partial charge in [0.25, 0.3) is 5.91 Å². The Hall–Kier alpha value is -3.07. The summed E-state index contributed by atoms with van der Waals surface area (Å²) in [6, 6.07) is 1.17. The Kier molecular flexibility index (Phi) is 11.0. The third-order valence-electron chi connectivity index (χ3n) is 5.72. The summed E-state index contributed by atoms with van der Waals surface area (Å²) in [5.74, 6) is -2.71. The SMILES string of the molecule is CC(O)CC[C@H](NC(=O)c1cnc(-c2cc(F)cc(Cl)c2)o1)C(=O)N[C@@H](CCCC(F)(F)F)C(O)c1nccs1. The van der Waals surface area contributed by atoms with Gasteiger partial charge in [0.2, 0.25) is 17.6 Å². The summed E-state index contributed by atoms with van der Waals surface area (Å²) in [5, 5.41) is 27.3. The fourth-order valence-electron chi connectivity index (χ4n) is 3.76. The number of hydrogen-bond acceptors (Lipinski definition) is 8. The zero-order chi connectivity index (χ0) is 29.4. The summed E-state index contributed by atoms with van der Waals surface area (Å²) in [4.78, 5) is 34.0. The van der Waals surface area contributed by atoms with Crippen molar-refractivity contribution in [1.82, 2.24) is 20.6 Å². The highest BCUT2D eigenvalue weighted by Gasteiger charge is 2.32. The van der Waals surface area contributed by atoms with E-state index in [2.05, 4.69) is 20.6 Å². The number of benzene rings is 1.